The predicted octanol–water partition coefficient (Wildman–Crippen LogP) is 8.81. The number of para-hydroxylation sites is 3. The highest BCUT2D eigenvalue weighted by molar-refractivity contribution is 6.36. The van der Waals surface area contributed by atoms with Gasteiger partial charge in [0.05, 0.1) is 16.6 Å². The molecule has 0 fully saturated rings. The van der Waals surface area contributed by atoms with Crippen molar-refractivity contribution in [3.63, 3.8) is 0 Å². The van der Waals surface area contributed by atoms with Crippen LogP contribution in [0.5, 0.6) is 0 Å². The molecule has 0 bridgehead atoms. The molecule has 34 heavy (non-hydrogen) atoms. The van der Waals surface area contributed by atoms with Crippen LogP contribution in [0.4, 0.5) is 0 Å². The fraction of sp³-hybridized carbons (Fsp3) is 0. The van der Waals surface area contributed by atoms with Crippen LogP contribution in [0.1, 0.15) is 0 Å². The molecule has 0 N–H and O–H groups in total. The third-order valence-electron chi connectivity index (χ3n) is 6.67. The van der Waals surface area contributed by atoms with Gasteiger partial charge in [-0.3, -0.25) is 0 Å². The summed E-state index contributed by atoms with van der Waals surface area (Å²) < 4.78 is 2.34. The Kier molecular flexibility index (Phi) is 4.23. The Hall–Kier alpha value is -4.14. The van der Waals surface area contributed by atoms with E-state index < -0.39 is 0 Å². The van der Waals surface area contributed by atoms with Gasteiger partial charge >= 0.3 is 0 Å². The van der Waals surface area contributed by atoms with Crippen LogP contribution in [0.15, 0.2) is 115 Å². The number of aromatic nitrogens is 2. The maximum atomic E-state index is 6.63. The van der Waals surface area contributed by atoms with Crippen molar-refractivity contribution in [3.05, 3.63) is 120 Å². The van der Waals surface area contributed by atoms with Crippen LogP contribution >= 0.6 is 11.6 Å². The first kappa shape index (κ1) is 19.3. The zero-order valence-corrected chi connectivity index (χ0v) is 19.0. The van der Waals surface area contributed by atoms with Crippen LogP contribution in [0.25, 0.3) is 60.3 Å². The van der Waals surface area contributed by atoms with Gasteiger partial charge in [-0.05, 0) is 59.0 Å². The Morgan fingerprint density at radius 3 is 2.00 bits per heavy atom. The lowest BCUT2D eigenvalue weighted by Crippen LogP contribution is -1.92. The maximum absolute atomic E-state index is 6.63. The highest BCUT2D eigenvalue weighted by atomic mass is 35.5. The number of benzene rings is 5. The van der Waals surface area contributed by atoms with Crippen molar-refractivity contribution in [1.29, 1.82) is 0 Å². The monoisotopic (exact) mass is 454 g/mol. The molecule has 2 aromatic heterocycles. The van der Waals surface area contributed by atoms with E-state index in [1.165, 1.54) is 21.8 Å². The Morgan fingerprint density at radius 1 is 0.500 bits per heavy atom. The fourth-order valence-corrected chi connectivity index (χ4v) is 5.35. The summed E-state index contributed by atoms with van der Waals surface area (Å²) in [6.45, 7) is 0. The van der Waals surface area contributed by atoms with Crippen molar-refractivity contribution in [3.8, 4) is 16.8 Å². The van der Waals surface area contributed by atoms with Crippen LogP contribution < -0.4 is 0 Å². The van der Waals surface area contributed by atoms with Crippen LogP contribution in [0.2, 0.25) is 5.15 Å². The number of pyridine rings is 1. The van der Waals surface area contributed by atoms with Crippen molar-refractivity contribution < 1.29 is 0 Å². The minimum absolute atomic E-state index is 0.539. The first-order chi connectivity index (χ1) is 16.8. The number of rotatable bonds is 2. The van der Waals surface area contributed by atoms with Crippen LogP contribution in [-0.2, 0) is 0 Å². The van der Waals surface area contributed by atoms with E-state index in [2.05, 4.69) is 107 Å². The first-order valence-corrected chi connectivity index (χ1v) is 11.7. The number of hydrogen-bond acceptors (Lipinski definition) is 1. The topological polar surface area (TPSA) is 17.8 Å². The second kappa shape index (κ2) is 7.44. The average Bonchev–Trinajstić information content (AvgIpc) is 3.23. The van der Waals surface area contributed by atoms with Gasteiger partial charge in [0.2, 0.25) is 0 Å². The fourth-order valence-electron chi connectivity index (χ4n) is 5.10. The van der Waals surface area contributed by atoms with Crippen LogP contribution in [-0.4, -0.2) is 9.55 Å². The van der Waals surface area contributed by atoms with Gasteiger partial charge in [0.25, 0.3) is 0 Å². The van der Waals surface area contributed by atoms with E-state index in [0.717, 1.165) is 38.5 Å². The number of fused-ring (bicyclic) bond motifs is 6. The van der Waals surface area contributed by atoms with Crippen molar-refractivity contribution >= 4 is 55.1 Å². The summed E-state index contributed by atoms with van der Waals surface area (Å²) in [5, 5.41) is 6.24. The van der Waals surface area contributed by atoms with Crippen molar-refractivity contribution in [2.24, 2.45) is 0 Å². The van der Waals surface area contributed by atoms with Crippen molar-refractivity contribution in [1.82, 2.24) is 9.55 Å². The molecule has 0 unspecified atom stereocenters. The molecule has 0 aliphatic heterocycles. The average molecular weight is 455 g/mol. The summed E-state index contributed by atoms with van der Waals surface area (Å²) in [5.74, 6) is 0. The summed E-state index contributed by atoms with van der Waals surface area (Å²) in [5.41, 5.74) is 6.78. The molecule has 0 amide bonds. The largest absolute Gasteiger partial charge is 0.309 e. The summed E-state index contributed by atoms with van der Waals surface area (Å²) in [4.78, 5) is 4.63. The summed E-state index contributed by atoms with van der Waals surface area (Å²) in [7, 11) is 0. The van der Waals surface area contributed by atoms with Crippen molar-refractivity contribution in [2.75, 3.05) is 0 Å². The van der Waals surface area contributed by atoms with Crippen molar-refractivity contribution in [2.45, 2.75) is 0 Å². The van der Waals surface area contributed by atoms with E-state index >= 15 is 0 Å². The van der Waals surface area contributed by atoms with Crippen LogP contribution in [0.3, 0.4) is 0 Å². The molecule has 0 saturated heterocycles. The predicted molar refractivity (Wildman–Crippen MR) is 144 cm³/mol. The number of nitrogens with zero attached hydrogens (tertiary/aromatic N) is 2. The highest BCUT2D eigenvalue weighted by Gasteiger charge is 2.14. The minimum Gasteiger partial charge on any atom is -0.309 e. The molecular formula is C31H19ClN2. The lowest BCUT2D eigenvalue weighted by atomic mass is 9.98. The molecule has 3 heteroatoms. The van der Waals surface area contributed by atoms with Gasteiger partial charge < -0.3 is 4.57 Å². The van der Waals surface area contributed by atoms with E-state index in [1.807, 2.05) is 18.2 Å². The number of halogens is 1. The normalized spacial score (nSPS) is 11.7. The Bertz CT molecular complexity index is 1870. The van der Waals surface area contributed by atoms with Gasteiger partial charge in [-0.15, -0.1) is 0 Å². The van der Waals surface area contributed by atoms with Gasteiger partial charge in [-0.1, -0.05) is 84.4 Å². The SMILES string of the molecule is Clc1nc2ccccc2c2ccc(-c3ccc4c(c3)c3ccccc3n4-c3ccccc3)cc12. The third kappa shape index (κ3) is 2.86. The van der Waals surface area contributed by atoms with Crippen LogP contribution in [0, 0.1) is 0 Å². The Balaban J connectivity index is 1.47. The molecule has 5 aromatic carbocycles. The molecule has 0 spiro atoms. The van der Waals surface area contributed by atoms with Gasteiger partial charge in [-0.2, -0.15) is 0 Å². The molecular weight excluding hydrogens is 436 g/mol. The summed E-state index contributed by atoms with van der Waals surface area (Å²) in [6.07, 6.45) is 0. The molecule has 0 radical (unpaired) electrons. The van der Waals surface area contributed by atoms with E-state index in [4.69, 9.17) is 11.6 Å². The molecule has 0 aliphatic carbocycles. The Morgan fingerprint density at radius 2 is 1.15 bits per heavy atom. The standard InChI is InChI=1S/C31H19ClN2/c32-31-27-19-20(14-16-23(27)24-10-4-6-12-28(24)33-31)21-15-17-30-26(18-21)25-11-5-7-13-29(25)34(30)22-8-2-1-3-9-22/h1-19H. The molecule has 0 aliphatic rings. The lowest BCUT2D eigenvalue weighted by molar-refractivity contribution is 1.18. The molecule has 7 aromatic rings. The highest BCUT2D eigenvalue weighted by Crippen LogP contribution is 2.37. The molecule has 2 heterocycles. The molecule has 2 nitrogen and oxygen atoms in total. The maximum Gasteiger partial charge on any atom is 0.137 e. The van der Waals surface area contributed by atoms with E-state index in [1.54, 1.807) is 0 Å². The van der Waals surface area contributed by atoms with E-state index in [9.17, 15) is 0 Å². The lowest BCUT2D eigenvalue weighted by Gasteiger charge is -2.10. The first-order valence-electron chi connectivity index (χ1n) is 11.3. The quantitative estimate of drug-likeness (QED) is 0.188. The smallest absolute Gasteiger partial charge is 0.137 e. The van der Waals surface area contributed by atoms with E-state index in [0.29, 0.717) is 5.15 Å². The third-order valence-corrected chi connectivity index (χ3v) is 6.96. The van der Waals surface area contributed by atoms with Gasteiger partial charge in [0.1, 0.15) is 5.15 Å². The van der Waals surface area contributed by atoms with E-state index in [-0.39, 0.29) is 0 Å². The Labute approximate surface area is 201 Å². The molecule has 0 saturated carbocycles. The number of hydrogen-bond donors (Lipinski definition) is 0. The minimum atomic E-state index is 0.539. The second-order valence-electron chi connectivity index (χ2n) is 8.60. The molecule has 0 atom stereocenters. The van der Waals surface area contributed by atoms with Gasteiger partial charge in [0, 0.05) is 27.2 Å². The zero-order valence-electron chi connectivity index (χ0n) is 18.2. The molecule has 7 rings (SSSR count). The summed E-state index contributed by atoms with van der Waals surface area (Å²) in [6, 6.07) is 40.5. The van der Waals surface area contributed by atoms with Gasteiger partial charge in [-0.25, -0.2) is 4.98 Å². The summed E-state index contributed by atoms with van der Waals surface area (Å²) >= 11 is 6.63. The van der Waals surface area contributed by atoms with Gasteiger partial charge in [0.15, 0.2) is 0 Å². The second-order valence-corrected chi connectivity index (χ2v) is 8.96. The zero-order chi connectivity index (χ0) is 22.6. The molecule has 160 valence electrons.